The van der Waals surface area contributed by atoms with Crippen LogP contribution in [0.25, 0.3) is 0 Å². The number of methoxy groups -OCH3 is 1. The highest BCUT2D eigenvalue weighted by molar-refractivity contribution is 5.95. The maximum Gasteiger partial charge on any atom is 0.252 e. The van der Waals surface area contributed by atoms with Crippen LogP contribution in [0.2, 0.25) is 0 Å². The van der Waals surface area contributed by atoms with Crippen molar-refractivity contribution < 1.29 is 14.3 Å². The highest BCUT2D eigenvalue weighted by atomic mass is 16.5. The van der Waals surface area contributed by atoms with Gasteiger partial charge in [0.2, 0.25) is 0 Å². The smallest absolute Gasteiger partial charge is 0.252 e. The fourth-order valence-electron chi connectivity index (χ4n) is 3.03. The Balaban J connectivity index is 1.98. The minimum Gasteiger partial charge on any atom is -0.491 e. The van der Waals surface area contributed by atoms with Crippen molar-refractivity contribution in [3.63, 3.8) is 0 Å². The average Bonchev–Trinajstić information content (AvgIpc) is 2.55. The van der Waals surface area contributed by atoms with Crippen LogP contribution in [0.15, 0.2) is 24.3 Å². The van der Waals surface area contributed by atoms with Crippen molar-refractivity contribution in [2.45, 2.75) is 38.1 Å². The number of amides is 1. The van der Waals surface area contributed by atoms with E-state index in [0.29, 0.717) is 36.9 Å². The van der Waals surface area contributed by atoms with Crippen molar-refractivity contribution in [3.05, 3.63) is 29.8 Å². The third-order valence-corrected chi connectivity index (χ3v) is 4.24. The highest BCUT2D eigenvalue weighted by Gasteiger charge is 2.36. The minimum atomic E-state index is -0.734. The predicted octanol–water partition coefficient (Wildman–Crippen LogP) is 2.91. The van der Waals surface area contributed by atoms with E-state index in [1.54, 1.807) is 31.4 Å². The first-order valence-corrected chi connectivity index (χ1v) is 8.04. The summed E-state index contributed by atoms with van der Waals surface area (Å²) < 4.78 is 10.4. The lowest BCUT2D eigenvalue weighted by Crippen LogP contribution is -2.50. The largest absolute Gasteiger partial charge is 0.491 e. The molecule has 0 heterocycles. The summed E-state index contributed by atoms with van der Waals surface area (Å²) in [4.78, 5) is 12.4. The molecule has 0 bridgehead atoms. The van der Waals surface area contributed by atoms with Gasteiger partial charge in [-0.05, 0) is 49.4 Å². The van der Waals surface area contributed by atoms with Crippen molar-refractivity contribution in [2.24, 2.45) is 5.92 Å². The third-order valence-electron chi connectivity index (χ3n) is 4.24. The molecule has 2 rings (SSSR count). The van der Waals surface area contributed by atoms with Gasteiger partial charge in [0.25, 0.3) is 5.91 Å². The zero-order valence-electron chi connectivity index (χ0n) is 13.8. The number of carbonyl (C=O) groups is 1. The molecule has 124 valence electrons. The Morgan fingerprint density at radius 2 is 2.13 bits per heavy atom. The molecule has 1 amide bonds. The summed E-state index contributed by atoms with van der Waals surface area (Å²) >= 11 is 0. The van der Waals surface area contributed by atoms with Crippen molar-refractivity contribution in [3.8, 4) is 11.8 Å². The number of hydrogen-bond acceptors (Lipinski definition) is 4. The molecule has 1 aliphatic carbocycles. The van der Waals surface area contributed by atoms with Gasteiger partial charge < -0.3 is 14.8 Å². The van der Waals surface area contributed by atoms with Crippen LogP contribution in [-0.2, 0) is 4.74 Å². The second kappa shape index (κ2) is 7.98. The van der Waals surface area contributed by atoms with Crippen molar-refractivity contribution >= 4 is 5.91 Å². The second-order valence-corrected chi connectivity index (χ2v) is 6.22. The third kappa shape index (κ3) is 4.70. The summed E-state index contributed by atoms with van der Waals surface area (Å²) in [6, 6.07) is 9.27. The molecule has 1 saturated carbocycles. The molecule has 1 N–H and O–H groups in total. The Bertz CT molecular complexity index is 565. The Morgan fingerprint density at radius 3 is 2.74 bits per heavy atom. The molecule has 0 unspecified atom stereocenters. The van der Waals surface area contributed by atoms with Gasteiger partial charge in [-0.1, -0.05) is 13.3 Å². The first-order valence-electron chi connectivity index (χ1n) is 8.04. The van der Waals surface area contributed by atoms with Crippen molar-refractivity contribution in [1.82, 2.24) is 5.32 Å². The van der Waals surface area contributed by atoms with E-state index in [0.717, 1.165) is 19.3 Å². The molecule has 0 spiro atoms. The van der Waals surface area contributed by atoms with Gasteiger partial charge in [0, 0.05) is 12.7 Å². The van der Waals surface area contributed by atoms with E-state index < -0.39 is 5.54 Å². The van der Waals surface area contributed by atoms with E-state index in [1.807, 2.05) is 0 Å². The van der Waals surface area contributed by atoms with Gasteiger partial charge in [0.05, 0.1) is 12.7 Å². The molecule has 0 aliphatic heterocycles. The molecule has 0 saturated heterocycles. The molecule has 5 nitrogen and oxygen atoms in total. The molecule has 0 aromatic heterocycles. The Labute approximate surface area is 137 Å². The number of carbonyl (C=O) groups excluding carboxylic acids is 1. The Hall–Kier alpha value is -2.06. The second-order valence-electron chi connectivity index (χ2n) is 6.22. The molecule has 23 heavy (non-hydrogen) atoms. The van der Waals surface area contributed by atoms with Gasteiger partial charge in [0.1, 0.15) is 17.9 Å². The molecule has 2 atom stereocenters. The molecular formula is C18H24N2O3. The Kier molecular flexibility index (Phi) is 6.00. The van der Waals surface area contributed by atoms with Crippen LogP contribution in [0.5, 0.6) is 5.75 Å². The summed E-state index contributed by atoms with van der Waals surface area (Å²) in [5.74, 6) is 0.948. The zero-order valence-corrected chi connectivity index (χ0v) is 13.8. The molecule has 5 heteroatoms. The van der Waals surface area contributed by atoms with Crippen LogP contribution in [0, 0.1) is 17.2 Å². The van der Waals surface area contributed by atoms with E-state index in [4.69, 9.17) is 9.47 Å². The summed E-state index contributed by atoms with van der Waals surface area (Å²) in [6.07, 6.45) is 3.53. The fraction of sp³-hybridized carbons (Fsp3) is 0.556. The first-order chi connectivity index (χ1) is 11.1. The zero-order chi connectivity index (χ0) is 16.7. The molecular weight excluding hydrogens is 292 g/mol. The normalized spacial score (nSPS) is 23.8. The van der Waals surface area contributed by atoms with E-state index in [1.165, 1.54) is 0 Å². The van der Waals surface area contributed by atoms with E-state index in [2.05, 4.69) is 18.3 Å². The Morgan fingerprint density at radius 1 is 1.39 bits per heavy atom. The molecule has 1 aromatic rings. The van der Waals surface area contributed by atoms with Gasteiger partial charge in [0.15, 0.2) is 0 Å². The fourth-order valence-corrected chi connectivity index (χ4v) is 3.03. The van der Waals surface area contributed by atoms with Gasteiger partial charge in [-0.3, -0.25) is 4.79 Å². The van der Waals surface area contributed by atoms with E-state index in [-0.39, 0.29) is 5.91 Å². The standard InChI is InChI=1S/C18H24N2O3/c1-14-4-3-9-18(12-14,13-19)20-17(21)15-5-7-16(8-6-15)23-11-10-22-2/h5-8,14H,3-4,9-12H2,1-2H3,(H,20,21)/t14-,18+/m0/s1. The van der Waals surface area contributed by atoms with Crippen molar-refractivity contribution in [2.75, 3.05) is 20.3 Å². The lowest BCUT2D eigenvalue weighted by Gasteiger charge is -2.35. The summed E-state index contributed by atoms with van der Waals surface area (Å²) in [7, 11) is 1.62. The monoisotopic (exact) mass is 316 g/mol. The van der Waals surface area contributed by atoms with Crippen LogP contribution in [0.4, 0.5) is 0 Å². The van der Waals surface area contributed by atoms with Crippen molar-refractivity contribution in [1.29, 1.82) is 5.26 Å². The average molecular weight is 316 g/mol. The number of hydrogen-bond donors (Lipinski definition) is 1. The number of nitrogens with zero attached hydrogens (tertiary/aromatic N) is 1. The number of ether oxygens (including phenoxy) is 2. The number of nitrogens with one attached hydrogen (secondary N) is 1. The first kappa shape index (κ1) is 17.3. The lowest BCUT2D eigenvalue weighted by atomic mass is 9.77. The topological polar surface area (TPSA) is 71.3 Å². The maximum absolute atomic E-state index is 12.4. The molecule has 1 aromatic carbocycles. The SMILES string of the molecule is COCCOc1ccc(C(=O)N[C@]2(C#N)CCC[C@H](C)C2)cc1. The van der Waals surface area contributed by atoms with Gasteiger partial charge in [-0.25, -0.2) is 0 Å². The molecule has 1 aliphatic rings. The predicted molar refractivity (Wildman–Crippen MR) is 87.3 cm³/mol. The highest BCUT2D eigenvalue weighted by Crippen LogP contribution is 2.32. The van der Waals surface area contributed by atoms with Gasteiger partial charge in [-0.2, -0.15) is 5.26 Å². The van der Waals surface area contributed by atoms with E-state index >= 15 is 0 Å². The summed E-state index contributed by atoms with van der Waals surface area (Å²) in [5.41, 5.74) is -0.195. The van der Waals surface area contributed by atoms with Crippen LogP contribution >= 0.6 is 0 Å². The van der Waals surface area contributed by atoms with E-state index in [9.17, 15) is 10.1 Å². The maximum atomic E-state index is 12.4. The summed E-state index contributed by atoms with van der Waals surface area (Å²) in [6.45, 7) is 3.12. The number of benzene rings is 1. The number of nitriles is 1. The molecule has 1 fully saturated rings. The molecule has 0 radical (unpaired) electrons. The quantitative estimate of drug-likeness (QED) is 0.819. The van der Waals surface area contributed by atoms with Crippen LogP contribution in [0.3, 0.4) is 0 Å². The van der Waals surface area contributed by atoms with Crippen LogP contribution in [-0.4, -0.2) is 31.8 Å². The number of rotatable bonds is 6. The van der Waals surface area contributed by atoms with Gasteiger partial charge in [-0.15, -0.1) is 0 Å². The van der Waals surface area contributed by atoms with Gasteiger partial charge >= 0.3 is 0 Å². The van der Waals surface area contributed by atoms with Crippen LogP contribution < -0.4 is 10.1 Å². The van der Waals surface area contributed by atoms with Crippen LogP contribution in [0.1, 0.15) is 43.0 Å². The lowest BCUT2D eigenvalue weighted by molar-refractivity contribution is 0.0890. The summed E-state index contributed by atoms with van der Waals surface area (Å²) in [5, 5.41) is 12.5. The minimum absolute atomic E-state index is 0.205.